The Morgan fingerprint density at radius 1 is 1.19 bits per heavy atom. The summed E-state index contributed by atoms with van der Waals surface area (Å²) in [5.41, 5.74) is 1.47. The number of carbonyl (C=O) groups excluding carboxylic acids is 2. The maximum absolute atomic E-state index is 12.9. The first-order valence-corrected chi connectivity index (χ1v) is 10.6. The summed E-state index contributed by atoms with van der Waals surface area (Å²) in [5, 5.41) is 2.80. The molecule has 2 amide bonds. The van der Waals surface area contributed by atoms with E-state index in [1.54, 1.807) is 17.0 Å². The third-order valence-corrected chi connectivity index (χ3v) is 6.92. The normalized spacial score (nSPS) is 18.8. The Hall–Kier alpha value is -1.97. The van der Waals surface area contributed by atoms with Crippen LogP contribution >= 0.6 is 0 Å². The number of likely N-dealkylation sites (N-methyl/N-ethyl adjacent to an activating group) is 2. The molecule has 1 aromatic rings. The van der Waals surface area contributed by atoms with E-state index >= 15 is 0 Å². The van der Waals surface area contributed by atoms with E-state index in [1.807, 2.05) is 7.05 Å². The van der Waals surface area contributed by atoms with Crippen molar-refractivity contribution in [2.45, 2.75) is 24.2 Å². The second kappa shape index (κ2) is 7.95. The SMILES string of the molecule is CN1CCN(C(=O)CN(C)S(=O)(=O)c2ccc3c(c2)CCCC(=O)N3)CC1. The Bertz CT molecular complexity index is 832. The smallest absolute Gasteiger partial charge is 0.243 e. The van der Waals surface area contributed by atoms with Crippen molar-refractivity contribution in [3.8, 4) is 0 Å². The van der Waals surface area contributed by atoms with E-state index in [2.05, 4.69) is 10.2 Å². The lowest BCUT2D eigenvalue weighted by Crippen LogP contribution is -2.50. The zero-order valence-corrected chi connectivity index (χ0v) is 16.6. The van der Waals surface area contributed by atoms with Gasteiger partial charge in [0.05, 0.1) is 11.4 Å². The Morgan fingerprint density at radius 2 is 1.89 bits per heavy atom. The predicted octanol–water partition coefficient (Wildman–Crippen LogP) is 0.356. The Labute approximate surface area is 160 Å². The summed E-state index contributed by atoms with van der Waals surface area (Å²) in [4.78, 5) is 28.1. The van der Waals surface area contributed by atoms with Crippen molar-refractivity contribution in [2.24, 2.45) is 0 Å². The van der Waals surface area contributed by atoms with Crippen LogP contribution in [-0.4, -0.2) is 81.2 Å². The maximum atomic E-state index is 12.9. The summed E-state index contributed by atoms with van der Waals surface area (Å²) in [6.45, 7) is 2.63. The van der Waals surface area contributed by atoms with Gasteiger partial charge in [0.25, 0.3) is 0 Å². The first-order valence-electron chi connectivity index (χ1n) is 9.13. The highest BCUT2D eigenvalue weighted by molar-refractivity contribution is 7.89. The number of amides is 2. The van der Waals surface area contributed by atoms with E-state index in [1.165, 1.54) is 13.1 Å². The van der Waals surface area contributed by atoms with Crippen LogP contribution in [0.15, 0.2) is 23.1 Å². The number of nitrogens with one attached hydrogen (secondary N) is 1. The summed E-state index contributed by atoms with van der Waals surface area (Å²) in [6, 6.07) is 4.71. The maximum Gasteiger partial charge on any atom is 0.243 e. The van der Waals surface area contributed by atoms with E-state index in [4.69, 9.17) is 0 Å². The number of sulfonamides is 1. The molecule has 148 valence electrons. The summed E-state index contributed by atoms with van der Waals surface area (Å²) in [5.74, 6) is -0.240. The third-order valence-electron chi connectivity index (χ3n) is 5.12. The lowest BCUT2D eigenvalue weighted by Gasteiger charge is -2.33. The van der Waals surface area contributed by atoms with Crippen molar-refractivity contribution in [1.82, 2.24) is 14.1 Å². The molecular formula is C18H26N4O4S. The van der Waals surface area contributed by atoms with Gasteiger partial charge in [0.15, 0.2) is 0 Å². The van der Waals surface area contributed by atoms with Crippen LogP contribution < -0.4 is 5.32 Å². The quantitative estimate of drug-likeness (QED) is 0.796. The van der Waals surface area contributed by atoms with Crippen molar-refractivity contribution in [3.63, 3.8) is 0 Å². The van der Waals surface area contributed by atoms with Crippen LogP contribution in [0.25, 0.3) is 0 Å². The van der Waals surface area contributed by atoms with Gasteiger partial charge in [-0.3, -0.25) is 9.59 Å². The minimum atomic E-state index is -3.78. The average molecular weight is 394 g/mol. The lowest BCUT2D eigenvalue weighted by molar-refractivity contribution is -0.132. The number of carbonyl (C=O) groups is 2. The molecule has 0 atom stereocenters. The van der Waals surface area contributed by atoms with Gasteiger partial charge in [-0.05, 0) is 43.7 Å². The van der Waals surface area contributed by atoms with Gasteiger partial charge in [0.1, 0.15) is 0 Å². The fourth-order valence-electron chi connectivity index (χ4n) is 3.32. The highest BCUT2D eigenvalue weighted by atomic mass is 32.2. The predicted molar refractivity (Wildman–Crippen MR) is 102 cm³/mol. The number of benzene rings is 1. The number of aryl methyl sites for hydroxylation is 1. The summed E-state index contributed by atoms with van der Waals surface area (Å²) in [7, 11) is -0.353. The molecule has 0 unspecified atom stereocenters. The zero-order chi connectivity index (χ0) is 19.6. The lowest BCUT2D eigenvalue weighted by atomic mass is 10.1. The number of hydrogen-bond acceptors (Lipinski definition) is 5. The molecule has 0 aromatic heterocycles. The molecule has 1 fully saturated rings. The molecule has 0 spiro atoms. The van der Waals surface area contributed by atoms with Gasteiger partial charge >= 0.3 is 0 Å². The number of rotatable bonds is 4. The van der Waals surface area contributed by atoms with Crippen molar-refractivity contribution in [3.05, 3.63) is 23.8 Å². The van der Waals surface area contributed by atoms with Gasteiger partial charge in [-0.1, -0.05) is 0 Å². The highest BCUT2D eigenvalue weighted by Crippen LogP contribution is 2.26. The Kier molecular flexibility index (Phi) is 5.83. The fourth-order valence-corrected chi connectivity index (χ4v) is 4.49. The van der Waals surface area contributed by atoms with Gasteiger partial charge in [0, 0.05) is 45.3 Å². The monoisotopic (exact) mass is 394 g/mol. The summed E-state index contributed by atoms with van der Waals surface area (Å²) >= 11 is 0. The van der Waals surface area contributed by atoms with Gasteiger partial charge < -0.3 is 15.1 Å². The van der Waals surface area contributed by atoms with Crippen LogP contribution in [0.2, 0.25) is 0 Å². The minimum absolute atomic E-state index is 0.0563. The van der Waals surface area contributed by atoms with Crippen LogP contribution in [0.3, 0.4) is 0 Å². The van der Waals surface area contributed by atoms with Crippen molar-refractivity contribution >= 4 is 27.5 Å². The van der Waals surface area contributed by atoms with Crippen molar-refractivity contribution < 1.29 is 18.0 Å². The van der Waals surface area contributed by atoms with E-state index < -0.39 is 10.0 Å². The molecule has 3 rings (SSSR count). The topological polar surface area (TPSA) is 90.0 Å². The molecule has 0 bridgehead atoms. The zero-order valence-electron chi connectivity index (χ0n) is 15.8. The first-order chi connectivity index (χ1) is 12.8. The summed E-state index contributed by atoms with van der Waals surface area (Å²) in [6.07, 6.45) is 1.75. The Morgan fingerprint density at radius 3 is 2.59 bits per heavy atom. The molecule has 9 heteroatoms. The molecule has 0 radical (unpaired) electrons. The molecular weight excluding hydrogens is 368 g/mol. The number of nitrogens with zero attached hydrogens (tertiary/aromatic N) is 3. The molecule has 8 nitrogen and oxygen atoms in total. The molecule has 1 aromatic carbocycles. The van der Waals surface area contributed by atoms with Crippen molar-refractivity contribution in [2.75, 3.05) is 52.1 Å². The highest BCUT2D eigenvalue weighted by Gasteiger charge is 2.27. The van der Waals surface area contributed by atoms with Crippen LogP contribution in [-0.2, 0) is 26.0 Å². The molecule has 0 saturated carbocycles. The number of piperazine rings is 1. The molecule has 1 N–H and O–H groups in total. The summed E-state index contributed by atoms with van der Waals surface area (Å²) < 4.78 is 26.9. The van der Waals surface area contributed by atoms with Gasteiger partial charge in [-0.25, -0.2) is 8.42 Å². The minimum Gasteiger partial charge on any atom is -0.339 e. The fraction of sp³-hybridized carbons (Fsp3) is 0.556. The number of anilines is 1. The average Bonchev–Trinajstić information content (AvgIpc) is 2.81. The van der Waals surface area contributed by atoms with Crippen molar-refractivity contribution in [1.29, 1.82) is 0 Å². The molecule has 2 aliphatic heterocycles. The molecule has 1 saturated heterocycles. The van der Waals surface area contributed by atoms with E-state index in [0.29, 0.717) is 38.0 Å². The number of fused-ring (bicyclic) bond motifs is 1. The van der Waals surface area contributed by atoms with Crippen LogP contribution in [0.4, 0.5) is 5.69 Å². The second-order valence-corrected chi connectivity index (χ2v) is 9.21. The van der Waals surface area contributed by atoms with Crippen LogP contribution in [0.1, 0.15) is 18.4 Å². The van der Waals surface area contributed by atoms with E-state index in [0.717, 1.165) is 23.0 Å². The van der Waals surface area contributed by atoms with Gasteiger partial charge in [-0.15, -0.1) is 0 Å². The first kappa shape index (κ1) is 19.8. The molecule has 27 heavy (non-hydrogen) atoms. The van der Waals surface area contributed by atoms with Crippen LogP contribution in [0.5, 0.6) is 0 Å². The van der Waals surface area contributed by atoms with E-state index in [9.17, 15) is 18.0 Å². The molecule has 2 heterocycles. The molecule has 2 aliphatic rings. The largest absolute Gasteiger partial charge is 0.339 e. The van der Waals surface area contributed by atoms with Gasteiger partial charge in [-0.2, -0.15) is 4.31 Å². The second-order valence-electron chi connectivity index (χ2n) is 7.17. The Balaban J connectivity index is 1.72. The third kappa shape index (κ3) is 4.48. The number of hydrogen-bond donors (Lipinski definition) is 1. The van der Waals surface area contributed by atoms with Crippen LogP contribution in [0, 0.1) is 0 Å². The van der Waals surface area contributed by atoms with Gasteiger partial charge in [0.2, 0.25) is 21.8 Å². The molecule has 0 aliphatic carbocycles. The standard InChI is InChI=1S/C18H26N4O4S/c1-20-8-10-22(11-9-20)18(24)13-21(2)27(25,26)15-6-7-16-14(12-15)4-3-5-17(23)19-16/h6-7,12H,3-5,8-11,13H2,1-2H3,(H,19,23). The van der Waals surface area contributed by atoms with E-state index in [-0.39, 0.29) is 23.3 Å².